The van der Waals surface area contributed by atoms with Crippen molar-refractivity contribution in [2.24, 2.45) is 7.05 Å². The summed E-state index contributed by atoms with van der Waals surface area (Å²) in [6.07, 6.45) is -1.84. The lowest BCUT2D eigenvalue weighted by molar-refractivity contribution is -0.137. The molecule has 10 heteroatoms. The maximum absolute atomic E-state index is 13.3. The molecule has 1 aliphatic rings. The van der Waals surface area contributed by atoms with Gasteiger partial charge < -0.3 is 16.0 Å². The summed E-state index contributed by atoms with van der Waals surface area (Å²) >= 11 is 0. The van der Waals surface area contributed by atoms with Crippen LogP contribution in [0.3, 0.4) is 0 Å². The number of nitrogen functional groups attached to an aromatic ring is 1. The Kier molecular flexibility index (Phi) is 6.55. The number of amides is 1. The van der Waals surface area contributed by atoms with Gasteiger partial charge in [-0.1, -0.05) is 6.08 Å². The quantitative estimate of drug-likeness (QED) is 0.510. The summed E-state index contributed by atoms with van der Waals surface area (Å²) in [5.74, 6) is 0.391. The van der Waals surface area contributed by atoms with Gasteiger partial charge in [0.1, 0.15) is 0 Å². The van der Waals surface area contributed by atoms with E-state index < -0.39 is 17.8 Å². The third-order valence-electron chi connectivity index (χ3n) is 6.55. The average Bonchev–Trinajstić information content (AvgIpc) is 2.81. The van der Waals surface area contributed by atoms with Gasteiger partial charge in [0.25, 0.3) is 5.56 Å². The first-order chi connectivity index (χ1) is 16.8. The molecular formula is C26H28F3N5O2. The number of alkyl halides is 3. The van der Waals surface area contributed by atoms with Crippen LogP contribution in [0, 0.1) is 6.92 Å². The molecule has 7 nitrogen and oxygen atoms in total. The number of aryl methyl sites for hydroxylation is 2. The minimum absolute atomic E-state index is 0.00788. The van der Waals surface area contributed by atoms with Gasteiger partial charge in [0, 0.05) is 38.1 Å². The van der Waals surface area contributed by atoms with E-state index in [4.69, 9.17) is 5.73 Å². The van der Waals surface area contributed by atoms with E-state index in [-0.39, 0.29) is 17.2 Å². The highest BCUT2D eigenvalue weighted by Crippen LogP contribution is 2.35. The molecule has 3 N–H and O–H groups in total. The molecule has 1 aromatic heterocycles. The lowest BCUT2D eigenvalue weighted by atomic mass is 9.93. The van der Waals surface area contributed by atoms with Crippen LogP contribution < -0.4 is 16.6 Å². The van der Waals surface area contributed by atoms with Gasteiger partial charge in [-0.15, -0.1) is 0 Å². The van der Waals surface area contributed by atoms with Crippen LogP contribution in [0.4, 0.5) is 24.7 Å². The fourth-order valence-electron chi connectivity index (χ4n) is 4.54. The van der Waals surface area contributed by atoms with Crippen molar-refractivity contribution < 1.29 is 18.0 Å². The Morgan fingerprint density at radius 3 is 2.50 bits per heavy atom. The first-order valence-corrected chi connectivity index (χ1v) is 11.6. The molecule has 2 heterocycles. The van der Waals surface area contributed by atoms with Crippen molar-refractivity contribution in [3.8, 4) is 0 Å². The largest absolute Gasteiger partial charge is 0.416 e. The van der Waals surface area contributed by atoms with Gasteiger partial charge in [0.2, 0.25) is 5.91 Å². The van der Waals surface area contributed by atoms with Gasteiger partial charge >= 0.3 is 6.18 Å². The third kappa shape index (κ3) is 4.93. The SMILES string of the molecule is CC(=O)N1CC=C(c2cc3c(NC(C)c4cc(N)cc(C(F)(F)F)c4)nn(C)c(=O)c3cc2C)CC1. The summed E-state index contributed by atoms with van der Waals surface area (Å²) in [6, 6.07) is 6.57. The van der Waals surface area contributed by atoms with Crippen molar-refractivity contribution in [1.29, 1.82) is 0 Å². The second kappa shape index (κ2) is 9.33. The van der Waals surface area contributed by atoms with Crippen molar-refractivity contribution in [3.63, 3.8) is 0 Å². The second-order valence-corrected chi connectivity index (χ2v) is 9.19. The first kappa shape index (κ1) is 25.3. The Balaban J connectivity index is 1.77. The summed E-state index contributed by atoms with van der Waals surface area (Å²) in [5.41, 5.74) is 7.92. The van der Waals surface area contributed by atoms with E-state index in [1.54, 1.807) is 18.7 Å². The van der Waals surface area contributed by atoms with Crippen LogP contribution in [0.25, 0.3) is 16.3 Å². The Morgan fingerprint density at radius 1 is 1.17 bits per heavy atom. The number of benzene rings is 2. The molecule has 4 rings (SSSR count). The molecule has 0 radical (unpaired) electrons. The first-order valence-electron chi connectivity index (χ1n) is 11.6. The maximum Gasteiger partial charge on any atom is 0.416 e. The molecule has 0 bridgehead atoms. The summed E-state index contributed by atoms with van der Waals surface area (Å²) < 4.78 is 41.2. The molecule has 1 aliphatic heterocycles. The Bertz CT molecular complexity index is 1440. The molecule has 3 aromatic rings. The molecule has 1 amide bonds. The predicted octanol–water partition coefficient (Wildman–Crippen LogP) is 4.65. The summed E-state index contributed by atoms with van der Waals surface area (Å²) in [6.45, 7) is 6.29. The van der Waals surface area contributed by atoms with E-state index in [9.17, 15) is 22.8 Å². The molecule has 0 saturated carbocycles. The Morgan fingerprint density at radius 2 is 1.89 bits per heavy atom. The van der Waals surface area contributed by atoms with Crippen LogP contribution in [0.5, 0.6) is 0 Å². The van der Waals surface area contributed by atoms with Gasteiger partial charge in [0.15, 0.2) is 5.82 Å². The molecule has 190 valence electrons. The van der Waals surface area contributed by atoms with Crippen LogP contribution >= 0.6 is 0 Å². The van der Waals surface area contributed by atoms with Crippen LogP contribution in [-0.2, 0) is 18.0 Å². The van der Waals surface area contributed by atoms with Crippen LogP contribution in [0.2, 0.25) is 0 Å². The average molecular weight is 500 g/mol. The van der Waals surface area contributed by atoms with Crippen molar-refractivity contribution in [1.82, 2.24) is 14.7 Å². The second-order valence-electron chi connectivity index (χ2n) is 9.19. The van der Waals surface area contributed by atoms with Crippen molar-refractivity contribution in [3.05, 3.63) is 69.0 Å². The zero-order chi connectivity index (χ0) is 26.4. The van der Waals surface area contributed by atoms with Gasteiger partial charge in [-0.05, 0) is 72.9 Å². The number of carbonyl (C=O) groups excluding carboxylic acids is 1. The number of carbonyl (C=O) groups is 1. The molecule has 0 fully saturated rings. The molecule has 1 unspecified atom stereocenters. The van der Waals surface area contributed by atoms with E-state index >= 15 is 0 Å². The van der Waals surface area contributed by atoms with Crippen molar-refractivity contribution >= 4 is 33.8 Å². The molecule has 0 aliphatic carbocycles. The fourth-order valence-corrected chi connectivity index (χ4v) is 4.54. The summed E-state index contributed by atoms with van der Waals surface area (Å²) in [7, 11) is 1.53. The number of nitrogens with two attached hydrogens (primary N) is 1. The topological polar surface area (TPSA) is 93.2 Å². The highest BCUT2D eigenvalue weighted by Gasteiger charge is 2.31. The highest BCUT2D eigenvalue weighted by atomic mass is 19.4. The number of aromatic nitrogens is 2. The number of nitrogens with one attached hydrogen (secondary N) is 1. The van der Waals surface area contributed by atoms with E-state index in [2.05, 4.69) is 10.4 Å². The lowest BCUT2D eigenvalue weighted by Gasteiger charge is -2.26. The van der Waals surface area contributed by atoms with Crippen LogP contribution in [-0.4, -0.2) is 33.7 Å². The summed E-state index contributed by atoms with van der Waals surface area (Å²) in [5, 5.41) is 8.58. The maximum atomic E-state index is 13.3. The Labute approximate surface area is 206 Å². The molecule has 0 spiro atoms. The number of halogens is 3. The number of hydrogen-bond donors (Lipinski definition) is 2. The minimum Gasteiger partial charge on any atom is -0.399 e. The molecular weight excluding hydrogens is 471 g/mol. The number of rotatable bonds is 4. The standard InChI is InChI=1S/C26H28F3N5O2/c1-14-9-23-22(13-21(14)17-5-7-34(8-6-17)16(3)35)24(32-33(4)25(23)36)31-15(2)18-10-19(26(27,28)29)12-20(30)11-18/h5,9-13,15H,6-8,30H2,1-4H3,(H,31,32). The van der Waals surface area contributed by atoms with Crippen molar-refractivity contribution in [2.45, 2.75) is 39.4 Å². The van der Waals surface area contributed by atoms with Gasteiger partial charge in [-0.2, -0.15) is 18.3 Å². The van der Waals surface area contributed by atoms with Gasteiger partial charge in [-0.3, -0.25) is 9.59 Å². The third-order valence-corrected chi connectivity index (χ3v) is 6.55. The minimum atomic E-state index is -4.52. The fraction of sp³-hybridized carbons (Fsp3) is 0.346. The van der Waals surface area contributed by atoms with E-state index in [1.807, 2.05) is 25.1 Å². The number of nitrogens with zero attached hydrogens (tertiary/aromatic N) is 3. The zero-order valence-corrected chi connectivity index (χ0v) is 20.5. The lowest BCUT2D eigenvalue weighted by Crippen LogP contribution is -2.32. The molecule has 36 heavy (non-hydrogen) atoms. The number of hydrogen-bond acceptors (Lipinski definition) is 5. The summed E-state index contributed by atoms with van der Waals surface area (Å²) in [4.78, 5) is 26.3. The molecule has 1 atom stereocenters. The molecule has 2 aromatic carbocycles. The van der Waals surface area contributed by atoms with Crippen LogP contribution in [0.1, 0.15) is 48.6 Å². The zero-order valence-electron chi connectivity index (χ0n) is 20.5. The Hall–Kier alpha value is -3.82. The predicted molar refractivity (Wildman–Crippen MR) is 134 cm³/mol. The van der Waals surface area contributed by atoms with E-state index in [1.165, 1.54) is 17.8 Å². The normalized spacial score (nSPS) is 15.1. The van der Waals surface area contributed by atoms with Crippen LogP contribution in [0.15, 0.2) is 41.2 Å². The smallest absolute Gasteiger partial charge is 0.399 e. The van der Waals surface area contributed by atoms with Gasteiger partial charge in [-0.25, -0.2) is 4.68 Å². The van der Waals surface area contributed by atoms with Crippen molar-refractivity contribution in [2.75, 3.05) is 24.1 Å². The van der Waals surface area contributed by atoms with Gasteiger partial charge in [0.05, 0.1) is 17.0 Å². The highest BCUT2D eigenvalue weighted by molar-refractivity contribution is 5.95. The number of fused-ring (bicyclic) bond motifs is 1. The van der Waals surface area contributed by atoms with E-state index in [0.717, 1.165) is 28.8 Å². The number of anilines is 2. The van der Waals surface area contributed by atoms with E-state index in [0.29, 0.717) is 41.7 Å². The monoisotopic (exact) mass is 499 g/mol. The molecule has 0 saturated heterocycles.